The molecule has 2 atom stereocenters. The van der Waals surface area contributed by atoms with Crippen LogP contribution in [0.2, 0.25) is 12.6 Å². The zero-order chi connectivity index (χ0) is 17.3. The summed E-state index contributed by atoms with van der Waals surface area (Å²) in [5, 5.41) is 0. The molecule has 128 valence electrons. The van der Waals surface area contributed by atoms with Gasteiger partial charge in [0.1, 0.15) is 11.5 Å². The molecule has 2 aromatic carbocycles. The molecule has 0 saturated carbocycles. The Kier molecular flexibility index (Phi) is 4.45. The SMILES string of the molecule is CC1(C)CC[Si](C)(Oc2ccccc2)OC1(C)Oc1ccccc1. The van der Waals surface area contributed by atoms with E-state index in [0.717, 1.165) is 24.0 Å². The van der Waals surface area contributed by atoms with Gasteiger partial charge in [-0.3, -0.25) is 0 Å². The van der Waals surface area contributed by atoms with E-state index in [2.05, 4.69) is 20.4 Å². The Morgan fingerprint density at radius 1 is 0.875 bits per heavy atom. The average molecular weight is 343 g/mol. The quantitative estimate of drug-likeness (QED) is 0.698. The molecule has 2 unspecified atom stereocenters. The molecule has 0 amide bonds. The minimum absolute atomic E-state index is 0.102. The maximum Gasteiger partial charge on any atom is 0.398 e. The number of para-hydroxylation sites is 2. The van der Waals surface area contributed by atoms with Crippen LogP contribution in [-0.2, 0) is 4.43 Å². The molecule has 24 heavy (non-hydrogen) atoms. The van der Waals surface area contributed by atoms with Crippen LogP contribution in [0.1, 0.15) is 27.2 Å². The van der Waals surface area contributed by atoms with E-state index >= 15 is 0 Å². The van der Waals surface area contributed by atoms with Crippen molar-refractivity contribution < 1.29 is 13.6 Å². The van der Waals surface area contributed by atoms with Crippen LogP contribution in [-0.4, -0.2) is 14.3 Å². The van der Waals surface area contributed by atoms with Crippen LogP contribution in [0.5, 0.6) is 11.5 Å². The molecule has 1 heterocycles. The van der Waals surface area contributed by atoms with Gasteiger partial charge in [0.15, 0.2) is 0 Å². The molecule has 2 aromatic rings. The summed E-state index contributed by atoms with van der Waals surface area (Å²) in [6.07, 6.45) is 1.01. The van der Waals surface area contributed by atoms with Gasteiger partial charge in [-0.2, -0.15) is 0 Å². The molecule has 0 radical (unpaired) electrons. The van der Waals surface area contributed by atoms with E-state index in [1.54, 1.807) is 0 Å². The van der Waals surface area contributed by atoms with Gasteiger partial charge in [-0.15, -0.1) is 0 Å². The number of hydrogen-bond acceptors (Lipinski definition) is 3. The first-order valence-electron chi connectivity index (χ1n) is 8.50. The number of rotatable bonds is 4. The Morgan fingerprint density at radius 2 is 1.42 bits per heavy atom. The summed E-state index contributed by atoms with van der Waals surface area (Å²) in [6.45, 7) is 8.57. The highest BCUT2D eigenvalue weighted by atomic mass is 28.4. The van der Waals surface area contributed by atoms with E-state index < -0.39 is 14.3 Å². The maximum atomic E-state index is 6.58. The molecular weight excluding hydrogens is 316 g/mol. The lowest BCUT2D eigenvalue weighted by Crippen LogP contribution is -2.62. The molecule has 0 spiro atoms. The number of hydrogen-bond donors (Lipinski definition) is 0. The topological polar surface area (TPSA) is 27.7 Å². The maximum absolute atomic E-state index is 6.58. The third kappa shape index (κ3) is 3.50. The molecule has 1 fully saturated rings. The summed E-state index contributed by atoms with van der Waals surface area (Å²) in [5.41, 5.74) is -0.102. The molecule has 3 rings (SSSR count). The lowest BCUT2D eigenvalue weighted by atomic mass is 9.81. The van der Waals surface area contributed by atoms with Gasteiger partial charge in [0.25, 0.3) is 0 Å². The number of benzene rings is 2. The van der Waals surface area contributed by atoms with Crippen LogP contribution in [0.15, 0.2) is 60.7 Å². The highest BCUT2D eigenvalue weighted by Crippen LogP contribution is 2.47. The van der Waals surface area contributed by atoms with Crippen LogP contribution in [0.3, 0.4) is 0 Å². The van der Waals surface area contributed by atoms with Crippen molar-refractivity contribution >= 4 is 8.56 Å². The molecule has 4 heteroatoms. The normalized spacial score (nSPS) is 29.0. The molecule has 1 aliphatic heterocycles. The second-order valence-corrected chi connectivity index (χ2v) is 10.6. The van der Waals surface area contributed by atoms with Crippen molar-refractivity contribution in [2.75, 3.05) is 0 Å². The van der Waals surface area contributed by atoms with Crippen LogP contribution < -0.4 is 9.16 Å². The lowest BCUT2D eigenvalue weighted by Gasteiger charge is -2.51. The van der Waals surface area contributed by atoms with E-state index in [4.69, 9.17) is 13.6 Å². The molecule has 1 aliphatic rings. The lowest BCUT2D eigenvalue weighted by molar-refractivity contribution is -0.203. The van der Waals surface area contributed by atoms with Gasteiger partial charge < -0.3 is 13.6 Å². The minimum Gasteiger partial charge on any atom is -0.520 e. The Balaban J connectivity index is 1.83. The summed E-state index contributed by atoms with van der Waals surface area (Å²) >= 11 is 0. The van der Waals surface area contributed by atoms with Crippen LogP contribution in [0.25, 0.3) is 0 Å². The fourth-order valence-corrected chi connectivity index (χ4v) is 6.15. The predicted molar refractivity (Wildman–Crippen MR) is 98.5 cm³/mol. The first-order chi connectivity index (χ1) is 11.3. The summed E-state index contributed by atoms with van der Waals surface area (Å²) in [5.74, 6) is 0.974. The third-order valence-electron chi connectivity index (χ3n) is 4.98. The van der Waals surface area contributed by atoms with Gasteiger partial charge in [0.05, 0.1) is 0 Å². The summed E-state index contributed by atoms with van der Waals surface area (Å²) in [7, 11) is -2.38. The third-order valence-corrected chi connectivity index (χ3v) is 7.62. The van der Waals surface area contributed by atoms with E-state index in [0.29, 0.717) is 0 Å². The summed E-state index contributed by atoms with van der Waals surface area (Å²) in [6, 6.07) is 20.8. The van der Waals surface area contributed by atoms with Crippen molar-refractivity contribution in [1.82, 2.24) is 0 Å². The second-order valence-electron chi connectivity index (χ2n) is 7.40. The molecular formula is C20H26O3Si. The van der Waals surface area contributed by atoms with Gasteiger partial charge in [0.2, 0.25) is 5.79 Å². The standard InChI is InChI=1S/C20H26O3Si/c1-19(2)15-16-24(4,22-18-13-9-6-10-14-18)23-20(19,3)21-17-11-7-5-8-12-17/h5-14H,15-16H2,1-4H3. The Labute approximate surface area is 145 Å². The van der Waals surface area contributed by atoms with Gasteiger partial charge in [-0.1, -0.05) is 50.2 Å². The van der Waals surface area contributed by atoms with Crippen molar-refractivity contribution in [1.29, 1.82) is 0 Å². The summed E-state index contributed by atoms with van der Waals surface area (Å²) in [4.78, 5) is 0. The van der Waals surface area contributed by atoms with Gasteiger partial charge >= 0.3 is 8.56 Å². The first-order valence-corrected chi connectivity index (χ1v) is 11.0. The predicted octanol–water partition coefficient (Wildman–Crippen LogP) is 5.38. The monoisotopic (exact) mass is 342 g/mol. The highest BCUT2D eigenvalue weighted by Gasteiger charge is 2.56. The minimum atomic E-state index is -2.38. The van der Waals surface area contributed by atoms with Gasteiger partial charge in [-0.25, -0.2) is 0 Å². The van der Waals surface area contributed by atoms with Gasteiger partial charge in [-0.05, 0) is 37.2 Å². The van der Waals surface area contributed by atoms with Crippen LogP contribution in [0.4, 0.5) is 0 Å². The van der Waals surface area contributed by atoms with E-state index in [9.17, 15) is 0 Å². The van der Waals surface area contributed by atoms with Crippen LogP contribution in [0, 0.1) is 5.41 Å². The van der Waals surface area contributed by atoms with Crippen molar-refractivity contribution in [2.45, 2.75) is 45.6 Å². The average Bonchev–Trinajstić information content (AvgIpc) is 2.54. The van der Waals surface area contributed by atoms with E-state index in [1.165, 1.54) is 0 Å². The van der Waals surface area contributed by atoms with Crippen molar-refractivity contribution in [3.63, 3.8) is 0 Å². The molecule has 3 nitrogen and oxygen atoms in total. The first kappa shape index (κ1) is 17.1. The molecule has 0 N–H and O–H groups in total. The van der Waals surface area contributed by atoms with Crippen molar-refractivity contribution in [3.8, 4) is 11.5 Å². The number of ether oxygens (including phenoxy) is 1. The second kappa shape index (κ2) is 6.26. The van der Waals surface area contributed by atoms with Gasteiger partial charge in [0, 0.05) is 18.4 Å². The smallest absolute Gasteiger partial charge is 0.398 e. The zero-order valence-corrected chi connectivity index (χ0v) is 15.9. The van der Waals surface area contributed by atoms with E-state index in [-0.39, 0.29) is 5.41 Å². The van der Waals surface area contributed by atoms with Crippen molar-refractivity contribution in [2.24, 2.45) is 5.41 Å². The fraction of sp³-hybridized carbons (Fsp3) is 0.400. The summed E-state index contributed by atoms with van der Waals surface area (Å²) < 4.78 is 19.2. The van der Waals surface area contributed by atoms with Crippen LogP contribution >= 0.6 is 0 Å². The Bertz CT molecular complexity index is 674. The van der Waals surface area contributed by atoms with Crippen molar-refractivity contribution in [3.05, 3.63) is 60.7 Å². The largest absolute Gasteiger partial charge is 0.520 e. The fourth-order valence-electron chi connectivity index (χ4n) is 3.05. The molecule has 0 bridgehead atoms. The zero-order valence-electron chi connectivity index (χ0n) is 14.9. The molecule has 0 aromatic heterocycles. The Morgan fingerprint density at radius 3 is 2.00 bits per heavy atom. The Hall–Kier alpha value is -1.78. The highest BCUT2D eigenvalue weighted by molar-refractivity contribution is 6.67. The van der Waals surface area contributed by atoms with E-state index in [1.807, 2.05) is 67.6 Å². The molecule has 0 aliphatic carbocycles. The molecule has 1 saturated heterocycles.